The summed E-state index contributed by atoms with van der Waals surface area (Å²) in [7, 11) is 0. The number of alkyl halides is 3. The molecule has 14 heavy (non-hydrogen) atoms. The molecule has 0 aliphatic carbocycles. The Hall–Kier alpha value is -0.960. The number of rotatable bonds is 1. The molecule has 0 amide bonds. The largest absolute Gasteiger partial charge is 0.416 e. The van der Waals surface area contributed by atoms with E-state index in [1.165, 1.54) is 31.2 Å². The molecule has 0 saturated carbocycles. The first-order valence-electron chi connectivity index (χ1n) is 3.94. The summed E-state index contributed by atoms with van der Waals surface area (Å²) >= 11 is 5.57. The van der Waals surface area contributed by atoms with Crippen LogP contribution in [0.15, 0.2) is 30.3 Å². The Kier molecular flexibility index (Phi) is 3.21. The molecular formula is C10H8ClF3. The Balaban J connectivity index is 3.10. The number of benzene rings is 1. The van der Waals surface area contributed by atoms with Crippen LogP contribution in [0.5, 0.6) is 0 Å². The Morgan fingerprint density at radius 3 is 2.07 bits per heavy atom. The maximum absolute atomic E-state index is 12.4. The Morgan fingerprint density at radius 1 is 1.21 bits per heavy atom. The minimum atomic E-state index is -4.32. The fourth-order valence-electron chi connectivity index (χ4n) is 1.12. The van der Waals surface area contributed by atoms with E-state index in [-0.39, 0.29) is 5.56 Å². The lowest BCUT2D eigenvalue weighted by atomic mass is 10.1. The maximum Gasteiger partial charge on any atom is 0.416 e. The van der Waals surface area contributed by atoms with Crippen molar-refractivity contribution in [2.45, 2.75) is 13.1 Å². The first kappa shape index (κ1) is 11.1. The molecule has 1 rings (SSSR count). The van der Waals surface area contributed by atoms with Gasteiger partial charge in [-0.3, -0.25) is 0 Å². The summed E-state index contributed by atoms with van der Waals surface area (Å²) < 4.78 is 37.2. The summed E-state index contributed by atoms with van der Waals surface area (Å²) in [5, 5.41) is 0.423. The van der Waals surface area contributed by atoms with Gasteiger partial charge in [0.15, 0.2) is 0 Å². The zero-order valence-electron chi connectivity index (χ0n) is 7.40. The van der Waals surface area contributed by atoms with E-state index in [1.807, 2.05) is 0 Å². The van der Waals surface area contributed by atoms with Gasteiger partial charge in [-0.25, -0.2) is 0 Å². The SMILES string of the molecule is C/C=C(/c1ccc(Cl)cc1)C(F)(F)F. The van der Waals surface area contributed by atoms with Gasteiger partial charge in [0.1, 0.15) is 0 Å². The summed E-state index contributed by atoms with van der Waals surface area (Å²) in [5.41, 5.74) is -0.515. The number of hydrogen-bond donors (Lipinski definition) is 0. The molecule has 0 nitrogen and oxygen atoms in total. The molecule has 0 aliphatic heterocycles. The van der Waals surface area contributed by atoms with Gasteiger partial charge in [-0.15, -0.1) is 0 Å². The van der Waals surface area contributed by atoms with Gasteiger partial charge < -0.3 is 0 Å². The highest BCUT2D eigenvalue weighted by Crippen LogP contribution is 2.33. The maximum atomic E-state index is 12.4. The number of allylic oxidation sites excluding steroid dienone is 2. The fraction of sp³-hybridized carbons (Fsp3) is 0.200. The molecule has 0 saturated heterocycles. The summed E-state index contributed by atoms with van der Waals surface area (Å²) in [6.07, 6.45) is -3.27. The van der Waals surface area contributed by atoms with Gasteiger partial charge in [0.25, 0.3) is 0 Å². The van der Waals surface area contributed by atoms with E-state index in [9.17, 15) is 13.2 Å². The molecule has 0 heterocycles. The lowest BCUT2D eigenvalue weighted by Gasteiger charge is -2.11. The van der Waals surface area contributed by atoms with E-state index in [1.54, 1.807) is 0 Å². The highest BCUT2D eigenvalue weighted by molar-refractivity contribution is 6.30. The quantitative estimate of drug-likeness (QED) is 0.662. The molecular weight excluding hydrogens is 213 g/mol. The summed E-state index contributed by atoms with van der Waals surface area (Å²) in [5.74, 6) is 0. The molecule has 0 N–H and O–H groups in total. The highest BCUT2D eigenvalue weighted by atomic mass is 35.5. The van der Waals surface area contributed by atoms with Gasteiger partial charge in [0.2, 0.25) is 0 Å². The molecule has 0 spiro atoms. The van der Waals surface area contributed by atoms with Crippen molar-refractivity contribution in [3.05, 3.63) is 40.9 Å². The standard InChI is InChI=1S/C10H8ClF3/c1-2-9(10(12,13)14)7-3-5-8(11)6-4-7/h2-6H,1H3/b9-2-. The zero-order chi connectivity index (χ0) is 10.8. The van der Waals surface area contributed by atoms with Gasteiger partial charge in [-0.1, -0.05) is 29.8 Å². The van der Waals surface area contributed by atoms with Gasteiger partial charge >= 0.3 is 6.18 Å². The van der Waals surface area contributed by atoms with Crippen LogP contribution in [0.3, 0.4) is 0 Å². The van der Waals surface area contributed by atoms with Gasteiger partial charge in [-0.05, 0) is 24.6 Å². The minimum Gasteiger partial charge on any atom is -0.166 e. The second-order valence-corrected chi connectivity index (χ2v) is 3.14. The molecule has 1 aromatic carbocycles. The third kappa shape index (κ3) is 2.51. The van der Waals surface area contributed by atoms with Crippen LogP contribution >= 0.6 is 11.6 Å². The lowest BCUT2D eigenvalue weighted by Crippen LogP contribution is -2.10. The van der Waals surface area contributed by atoms with Gasteiger partial charge in [0.05, 0.1) is 5.57 Å². The Bertz CT molecular complexity index is 335. The average molecular weight is 221 g/mol. The molecule has 76 valence electrons. The van der Waals surface area contributed by atoms with Crippen LogP contribution in [0.4, 0.5) is 13.2 Å². The van der Waals surface area contributed by atoms with E-state index in [0.29, 0.717) is 5.02 Å². The van der Waals surface area contributed by atoms with E-state index in [0.717, 1.165) is 6.08 Å². The second kappa shape index (κ2) is 4.05. The monoisotopic (exact) mass is 220 g/mol. The normalized spacial score (nSPS) is 13.1. The van der Waals surface area contributed by atoms with Crippen molar-refractivity contribution in [3.63, 3.8) is 0 Å². The summed E-state index contributed by atoms with van der Waals surface area (Å²) in [6, 6.07) is 5.58. The van der Waals surface area contributed by atoms with Crippen LogP contribution in [-0.2, 0) is 0 Å². The van der Waals surface area contributed by atoms with Crippen molar-refractivity contribution >= 4 is 17.2 Å². The van der Waals surface area contributed by atoms with Gasteiger partial charge in [0, 0.05) is 5.02 Å². The Labute approximate surface area is 85.0 Å². The third-order valence-electron chi connectivity index (χ3n) is 1.75. The second-order valence-electron chi connectivity index (χ2n) is 2.71. The van der Waals surface area contributed by atoms with E-state index >= 15 is 0 Å². The average Bonchev–Trinajstić information content (AvgIpc) is 2.07. The van der Waals surface area contributed by atoms with Crippen LogP contribution in [0.2, 0.25) is 5.02 Å². The topological polar surface area (TPSA) is 0 Å². The molecule has 0 radical (unpaired) electrons. The molecule has 0 unspecified atom stereocenters. The predicted octanol–water partition coefficient (Wildman–Crippen LogP) is 4.31. The van der Waals surface area contributed by atoms with Crippen LogP contribution in [0, 0.1) is 0 Å². The predicted molar refractivity (Wildman–Crippen MR) is 51.2 cm³/mol. The van der Waals surface area contributed by atoms with Crippen molar-refractivity contribution in [2.75, 3.05) is 0 Å². The van der Waals surface area contributed by atoms with E-state index < -0.39 is 11.7 Å². The first-order valence-corrected chi connectivity index (χ1v) is 4.32. The van der Waals surface area contributed by atoms with Crippen LogP contribution in [0.25, 0.3) is 5.57 Å². The Morgan fingerprint density at radius 2 is 1.71 bits per heavy atom. The summed E-state index contributed by atoms with van der Waals surface area (Å²) in [6.45, 7) is 1.36. The van der Waals surface area contributed by atoms with E-state index in [2.05, 4.69) is 0 Å². The molecule has 0 aromatic heterocycles. The smallest absolute Gasteiger partial charge is 0.166 e. The van der Waals surface area contributed by atoms with Crippen LogP contribution in [0.1, 0.15) is 12.5 Å². The van der Waals surface area contributed by atoms with Crippen molar-refractivity contribution in [3.8, 4) is 0 Å². The highest BCUT2D eigenvalue weighted by Gasteiger charge is 2.33. The molecule has 1 aromatic rings. The first-order chi connectivity index (χ1) is 6.45. The number of hydrogen-bond acceptors (Lipinski definition) is 0. The van der Waals surface area contributed by atoms with Crippen LogP contribution in [-0.4, -0.2) is 6.18 Å². The third-order valence-corrected chi connectivity index (χ3v) is 2.00. The van der Waals surface area contributed by atoms with Crippen molar-refractivity contribution < 1.29 is 13.2 Å². The number of halogens is 4. The van der Waals surface area contributed by atoms with Crippen molar-refractivity contribution in [2.24, 2.45) is 0 Å². The fourth-order valence-corrected chi connectivity index (χ4v) is 1.25. The lowest BCUT2D eigenvalue weighted by molar-refractivity contribution is -0.0689. The molecule has 0 atom stereocenters. The molecule has 0 aliphatic rings. The van der Waals surface area contributed by atoms with E-state index in [4.69, 9.17) is 11.6 Å². The minimum absolute atomic E-state index is 0.129. The summed E-state index contributed by atoms with van der Waals surface area (Å²) in [4.78, 5) is 0. The molecule has 0 bridgehead atoms. The molecule has 0 fully saturated rings. The molecule has 4 heteroatoms. The van der Waals surface area contributed by atoms with Crippen molar-refractivity contribution in [1.29, 1.82) is 0 Å². The van der Waals surface area contributed by atoms with Crippen molar-refractivity contribution in [1.82, 2.24) is 0 Å². The van der Waals surface area contributed by atoms with Crippen LogP contribution < -0.4 is 0 Å². The van der Waals surface area contributed by atoms with Gasteiger partial charge in [-0.2, -0.15) is 13.2 Å². The zero-order valence-corrected chi connectivity index (χ0v) is 8.15.